The van der Waals surface area contributed by atoms with Crippen molar-refractivity contribution in [2.24, 2.45) is 0 Å². The zero-order valence-electron chi connectivity index (χ0n) is 5.76. The first-order valence-electron chi connectivity index (χ1n) is 2.54. The van der Waals surface area contributed by atoms with Crippen molar-refractivity contribution in [3.8, 4) is 0 Å². The first-order chi connectivity index (χ1) is 5.88. The number of hydrogen-bond acceptors (Lipinski definition) is 2. The smallest absolute Gasteiger partial charge is 0.198 e. The highest BCUT2D eigenvalue weighted by molar-refractivity contribution is 6.12. The molecule has 0 aliphatic heterocycles. The van der Waals surface area contributed by atoms with E-state index in [-0.39, 0.29) is 0 Å². The Morgan fingerprint density at radius 1 is 0.857 bits per heavy atom. The van der Waals surface area contributed by atoms with E-state index in [1.165, 1.54) is 0 Å². The van der Waals surface area contributed by atoms with Gasteiger partial charge in [0.05, 0.1) is 0 Å². The van der Waals surface area contributed by atoms with E-state index in [1.807, 2.05) is 0 Å². The molecule has 0 atom stereocenters. The highest BCUT2D eigenvalue weighted by Gasteiger charge is 2.63. The van der Waals surface area contributed by atoms with Crippen molar-refractivity contribution < 1.29 is 40.0 Å². The molecular weight excluding hydrogens is 253 g/mol. The van der Waals surface area contributed by atoms with Crippen LogP contribution in [-0.2, 0) is 4.84 Å². The van der Waals surface area contributed by atoms with Crippen LogP contribution < -0.4 is 0 Å². The third-order valence-corrected chi connectivity index (χ3v) is 0.985. The topological polar surface area (TPSA) is 12.5 Å². The molecule has 0 heterocycles. The van der Waals surface area contributed by atoms with Crippen LogP contribution in [0.5, 0.6) is 0 Å². The molecule has 0 fully saturated rings. The Morgan fingerprint density at radius 2 is 1.21 bits per heavy atom. The second-order valence-electron chi connectivity index (χ2n) is 1.82. The second kappa shape index (κ2) is 3.66. The van der Waals surface area contributed by atoms with E-state index >= 15 is 0 Å². The minimum absolute atomic E-state index is 2.06. The van der Waals surface area contributed by atoms with Crippen LogP contribution in [-0.4, -0.2) is 23.2 Å². The average Bonchev–Trinajstić information content (AvgIpc) is 1.80. The van der Waals surface area contributed by atoms with Crippen molar-refractivity contribution >= 4 is 11.8 Å². The van der Waals surface area contributed by atoms with E-state index in [1.54, 1.807) is 0 Å². The monoisotopic (exact) mass is 253 g/mol. The van der Waals surface area contributed by atoms with Gasteiger partial charge in [-0.05, 0) is 0 Å². The molecule has 0 aliphatic rings. The van der Waals surface area contributed by atoms with Crippen LogP contribution in [0.4, 0.5) is 35.1 Å². The molecule has 14 heavy (non-hydrogen) atoms. The van der Waals surface area contributed by atoms with Gasteiger partial charge in [-0.1, -0.05) is 0 Å². The predicted octanol–water partition coefficient (Wildman–Crippen LogP) is 3.05. The summed E-state index contributed by atoms with van der Waals surface area (Å²) in [7, 11) is 0. The number of hydrogen-bond donors (Lipinski definition) is 0. The maximum Gasteiger partial charge on any atom is 0.497 e. The van der Waals surface area contributed by atoms with E-state index < -0.39 is 23.2 Å². The molecule has 0 saturated carbocycles. The molecule has 2 nitrogen and oxygen atoms in total. The molecule has 0 radical (unpaired) electrons. The Bertz CT molecular complexity index is 198. The third-order valence-electron chi connectivity index (χ3n) is 0.724. The fourth-order valence-corrected chi connectivity index (χ4v) is 0.291. The number of halogens is 9. The zero-order chi connectivity index (χ0) is 11.8. The molecule has 86 valence electrons. The van der Waals surface area contributed by atoms with Gasteiger partial charge in [0.1, 0.15) is 0 Å². The van der Waals surface area contributed by atoms with Crippen molar-refractivity contribution in [3.05, 3.63) is 0 Å². The van der Waals surface area contributed by atoms with E-state index in [9.17, 15) is 35.1 Å². The summed E-state index contributed by atoms with van der Waals surface area (Å²) in [6.45, 7) is 0. The lowest BCUT2D eigenvalue weighted by Crippen LogP contribution is -2.45. The normalized spacial score (nSPS) is 15.0. The minimum atomic E-state index is -6.29. The quantitative estimate of drug-likeness (QED) is 0.325. The summed E-state index contributed by atoms with van der Waals surface area (Å²) in [5, 5.41) is 0. The van der Waals surface area contributed by atoms with E-state index in [0.717, 1.165) is 0 Å². The first kappa shape index (κ1) is 13.7. The van der Waals surface area contributed by atoms with Crippen LogP contribution in [0.2, 0.25) is 0 Å². The van der Waals surface area contributed by atoms with Crippen molar-refractivity contribution in [2.75, 3.05) is 0 Å². The van der Waals surface area contributed by atoms with Crippen LogP contribution in [0.15, 0.2) is 0 Å². The Kier molecular flexibility index (Phi) is 3.57. The van der Waals surface area contributed by atoms with E-state index in [4.69, 9.17) is 0 Å². The Morgan fingerprint density at radius 3 is 1.43 bits per heavy atom. The lowest BCUT2D eigenvalue weighted by atomic mass is 10.6. The van der Waals surface area contributed by atoms with E-state index in [2.05, 4.69) is 16.6 Å². The predicted molar refractivity (Wildman–Crippen MR) is 25.8 cm³/mol. The zero-order valence-corrected chi connectivity index (χ0v) is 6.51. The van der Waals surface area contributed by atoms with Crippen LogP contribution in [0.25, 0.3) is 0 Å². The summed E-state index contributed by atoms with van der Waals surface area (Å²) in [4.78, 5) is 2.18. The lowest BCUT2D eigenvalue weighted by Gasteiger charge is -2.23. The fraction of sp³-hybridized carbons (Fsp3) is 1.00. The van der Waals surface area contributed by atoms with Gasteiger partial charge in [-0.25, -0.2) is 0 Å². The maximum absolute atomic E-state index is 11.7. The van der Waals surface area contributed by atoms with E-state index in [0.29, 0.717) is 0 Å². The van der Waals surface area contributed by atoms with Gasteiger partial charge in [-0.3, -0.25) is 0 Å². The van der Waals surface area contributed by atoms with Crippen molar-refractivity contribution in [1.29, 1.82) is 0 Å². The molecular formula is C3ClF8NO. The molecule has 0 N–H and O–H groups in total. The molecule has 0 saturated heterocycles. The Hall–Kier alpha value is -0.350. The largest absolute Gasteiger partial charge is 0.497 e. The molecule has 0 aromatic rings. The molecule has 0 aliphatic carbocycles. The highest BCUT2D eigenvalue weighted by Crippen LogP contribution is 2.39. The van der Waals surface area contributed by atoms with Crippen LogP contribution in [0.3, 0.4) is 0 Å². The maximum atomic E-state index is 11.7. The summed E-state index contributed by atoms with van der Waals surface area (Å²) in [6.07, 6.45) is -18.0. The average molecular weight is 253 g/mol. The molecule has 0 bridgehead atoms. The molecule has 0 amide bonds. The highest BCUT2D eigenvalue weighted by atomic mass is 35.5. The summed E-state index contributed by atoms with van der Waals surface area (Å²) in [6, 6.07) is 0. The molecule has 0 aromatic carbocycles. The lowest BCUT2D eigenvalue weighted by molar-refractivity contribution is -0.475. The van der Waals surface area contributed by atoms with Crippen molar-refractivity contribution in [3.63, 3.8) is 0 Å². The van der Waals surface area contributed by atoms with Crippen LogP contribution in [0, 0.1) is 0 Å². The Labute approximate surface area is 76.0 Å². The number of rotatable bonds is 2. The van der Waals surface area contributed by atoms with Crippen molar-refractivity contribution in [1.82, 2.24) is 4.58 Å². The minimum Gasteiger partial charge on any atom is -0.198 e. The number of alkyl halides is 8. The number of nitrogens with zero attached hydrogens (tertiary/aromatic N) is 1. The van der Waals surface area contributed by atoms with Gasteiger partial charge in [0, 0.05) is 16.4 Å². The van der Waals surface area contributed by atoms with Gasteiger partial charge in [-0.2, -0.15) is 40.0 Å². The molecule has 0 rings (SSSR count). The van der Waals surface area contributed by atoms with Gasteiger partial charge in [0.25, 0.3) is 0 Å². The van der Waals surface area contributed by atoms with Crippen LogP contribution >= 0.6 is 11.8 Å². The molecule has 0 unspecified atom stereocenters. The molecule has 0 aromatic heterocycles. The van der Waals surface area contributed by atoms with Gasteiger partial charge in [0.2, 0.25) is 0 Å². The first-order valence-corrected chi connectivity index (χ1v) is 2.88. The summed E-state index contributed by atoms with van der Waals surface area (Å²) < 4.78 is 89.2. The van der Waals surface area contributed by atoms with Crippen molar-refractivity contribution in [2.45, 2.75) is 18.6 Å². The van der Waals surface area contributed by atoms with Gasteiger partial charge < -0.3 is 0 Å². The Balaban J connectivity index is 4.53. The fourth-order valence-electron chi connectivity index (χ4n) is 0.204. The summed E-state index contributed by atoms with van der Waals surface area (Å²) >= 11 is 3.95. The van der Waals surface area contributed by atoms with Gasteiger partial charge in [0.15, 0.2) is 0 Å². The third kappa shape index (κ3) is 3.42. The van der Waals surface area contributed by atoms with Gasteiger partial charge in [-0.15, -0.1) is 0 Å². The van der Waals surface area contributed by atoms with Gasteiger partial charge >= 0.3 is 18.6 Å². The standard InChI is InChI=1S/C3ClF8NO/c4-13(3(10,11)12)14-2(8,9)1(5,6)7. The summed E-state index contributed by atoms with van der Waals surface area (Å²) in [5.74, 6) is 0. The second-order valence-corrected chi connectivity index (χ2v) is 2.13. The SMILES string of the molecule is FC(F)(F)N(Cl)OC(F)(F)C(F)(F)F. The number of hydroxylamine groups is 1. The van der Waals surface area contributed by atoms with Crippen LogP contribution in [0.1, 0.15) is 0 Å². The molecule has 11 heteroatoms. The summed E-state index contributed by atoms with van der Waals surface area (Å²) in [5.41, 5.74) is 0. The molecule has 0 spiro atoms.